The van der Waals surface area contributed by atoms with Gasteiger partial charge in [-0.25, -0.2) is 0 Å². The molecule has 91 heavy (non-hydrogen) atoms. The minimum absolute atomic E-state index is 0.132. The number of hydrogen-bond acceptors (Lipinski definition) is 3. The molecule has 2 unspecified atom stereocenters. The Morgan fingerprint density at radius 1 is 0.275 bits per heavy atom. The van der Waals surface area contributed by atoms with Crippen molar-refractivity contribution in [3.63, 3.8) is 0 Å². The third kappa shape index (κ3) is 14.8. The Hall–Kier alpha value is -3.51. The molecule has 0 radical (unpaired) electrons. The second-order valence-corrected chi connectivity index (χ2v) is 61.5. The highest BCUT2D eigenvalue weighted by Gasteiger charge is 2.65. The van der Waals surface area contributed by atoms with E-state index in [0.717, 1.165) is 63.1 Å². The normalized spacial score (nSPS) is 14.7. The van der Waals surface area contributed by atoms with Gasteiger partial charge in [-0.05, 0) is 135 Å². The maximum Gasteiger partial charge on any atom is 0.242 e. The van der Waals surface area contributed by atoms with E-state index in [4.69, 9.17) is 44.3 Å². The molecule has 0 fully saturated rings. The van der Waals surface area contributed by atoms with Crippen molar-refractivity contribution in [1.29, 1.82) is 0 Å². The number of hydrogen-bond donors (Lipinski definition) is 0. The fourth-order valence-corrected chi connectivity index (χ4v) is 54.8. The van der Waals surface area contributed by atoms with Crippen molar-refractivity contribution in [2.75, 3.05) is 24.6 Å². The van der Waals surface area contributed by atoms with Gasteiger partial charge >= 0.3 is 0 Å². The summed E-state index contributed by atoms with van der Waals surface area (Å²) in [7, 11) is -16.3. The molecule has 2 atom stereocenters. The van der Waals surface area contributed by atoms with Crippen LogP contribution in [0.1, 0.15) is 135 Å². The number of nitrogens with zero attached hydrogens (tertiary/aromatic N) is 2. The first-order valence-electron chi connectivity index (χ1n) is 33.3. The molecule has 0 bridgehead atoms. The molecule has 484 valence electrons. The predicted octanol–water partition coefficient (Wildman–Crippen LogP) is 17.8. The van der Waals surface area contributed by atoms with E-state index >= 15 is 0 Å². The van der Waals surface area contributed by atoms with Crippen molar-refractivity contribution >= 4 is 145 Å². The largest absolute Gasteiger partial charge is 0.330 e. The summed E-state index contributed by atoms with van der Waals surface area (Å²) in [5.74, 6) is 1.96. The Labute approximate surface area is 581 Å². The molecule has 0 aromatic heterocycles. The lowest BCUT2D eigenvalue weighted by Gasteiger charge is -2.62. The summed E-state index contributed by atoms with van der Waals surface area (Å²) in [6.45, 7) is 37.0. The van der Waals surface area contributed by atoms with Crippen LogP contribution in [-0.2, 0) is 0 Å². The molecule has 8 rings (SSSR count). The van der Waals surface area contributed by atoms with E-state index in [9.17, 15) is 0 Å². The standard InChI is InChI=1S/C78H104Cl4N2SSi6/c1-73(2,3)88(65-41-23-15-24-42-65,66-43-25-16-26-44-66)83(89(74(4,5)6,67-45-27-17-28-46-67)68-47-29-18-30-48-68)61-39-57-77(13,86(79)80)59-63-85-64-60-78(14,87(81)82)58-40-62-84(90(75(7,8)9,69-49-31-19-32-50-69)70-51-33-20-34-52-70)91(76(10,11)12,71-53-35-21-36-54-71)72-55-37-22-38-56-72/h15-38,41-56,86-87H,39-40,57-64H2,1-14H3. The number of halogens is 4. The zero-order valence-corrected chi connectivity index (χ0v) is 67.3. The van der Waals surface area contributed by atoms with Crippen LogP contribution in [0, 0.1) is 0 Å². The van der Waals surface area contributed by atoms with Crippen LogP contribution in [0.3, 0.4) is 0 Å². The van der Waals surface area contributed by atoms with Crippen LogP contribution in [0.25, 0.3) is 0 Å². The van der Waals surface area contributed by atoms with Crippen molar-refractivity contribution in [1.82, 2.24) is 8.46 Å². The van der Waals surface area contributed by atoms with Gasteiger partial charge in [0, 0.05) is 0 Å². The Morgan fingerprint density at radius 3 is 0.582 bits per heavy atom. The number of rotatable bonds is 28. The second-order valence-electron chi connectivity index (χ2n) is 30.3. The number of thioether (sulfide) groups is 1. The summed E-state index contributed by atoms with van der Waals surface area (Å²) < 4.78 is 6.43. The van der Waals surface area contributed by atoms with Crippen LogP contribution in [0.5, 0.6) is 0 Å². The van der Waals surface area contributed by atoms with E-state index in [1.165, 1.54) is 41.5 Å². The zero-order valence-electron chi connectivity index (χ0n) is 57.1. The van der Waals surface area contributed by atoms with E-state index in [0.29, 0.717) is 0 Å². The molecular formula is C78H104Cl4N2SSi6. The first kappa shape index (κ1) is 73.3. The van der Waals surface area contributed by atoms with Gasteiger partial charge in [-0.15, -0.1) is 44.3 Å². The summed E-state index contributed by atoms with van der Waals surface area (Å²) in [6.07, 6.45) is 5.78. The van der Waals surface area contributed by atoms with Gasteiger partial charge in [0.1, 0.15) is 0 Å². The average Bonchev–Trinajstić information content (AvgIpc) is 0.699. The topological polar surface area (TPSA) is 6.48 Å². The molecule has 0 amide bonds. The lowest BCUT2D eigenvalue weighted by Crippen LogP contribution is -2.88. The van der Waals surface area contributed by atoms with Crippen molar-refractivity contribution in [2.24, 2.45) is 0 Å². The molecule has 8 aromatic rings. The molecule has 2 nitrogen and oxygen atoms in total. The fourth-order valence-electron chi connectivity index (χ4n) is 16.3. The van der Waals surface area contributed by atoms with Crippen molar-refractivity contribution in [2.45, 2.75) is 166 Å². The highest BCUT2D eigenvalue weighted by Crippen LogP contribution is 2.52. The molecular weight excluding hydrogens is 1310 g/mol. The van der Waals surface area contributed by atoms with E-state index < -0.39 is 47.8 Å². The Morgan fingerprint density at radius 2 is 0.440 bits per heavy atom. The van der Waals surface area contributed by atoms with Gasteiger partial charge in [-0.3, -0.25) is 0 Å². The van der Waals surface area contributed by atoms with Crippen LogP contribution in [0.2, 0.25) is 30.2 Å². The molecule has 0 saturated carbocycles. The molecule has 0 aliphatic carbocycles. The quantitative estimate of drug-likeness (QED) is 0.0274. The highest BCUT2D eigenvalue weighted by molar-refractivity contribution is 7.99. The zero-order chi connectivity index (χ0) is 66.0. The smallest absolute Gasteiger partial charge is 0.242 e. The number of benzene rings is 8. The van der Waals surface area contributed by atoms with Crippen molar-refractivity contribution in [3.8, 4) is 0 Å². The SMILES string of the molecule is CC(CCCN([Si](c1ccccc1)(c1ccccc1)C(C)(C)C)[Si](c1ccccc1)(c1ccccc1)C(C)(C)C)(CCSCCC(C)(CCCN([Si](c1ccccc1)(c1ccccc1)C(C)(C)C)[Si](c1ccccc1)(c1ccccc1)C(C)(C)C)[SiH](Cl)Cl)[SiH](Cl)Cl. The van der Waals surface area contributed by atoms with Crippen LogP contribution in [0.4, 0.5) is 0 Å². The third-order valence-electron chi connectivity index (χ3n) is 20.4. The maximum atomic E-state index is 7.47. The predicted molar refractivity (Wildman–Crippen MR) is 423 cm³/mol. The van der Waals surface area contributed by atoms with Crippen LogP contribution < -0.4 is 41.5 Å². The van der Waals surface area contributed by atoms with Gasteiger partial charge in [0.05, 0.1) is 0 Å². The lowest BCUT2D eigenvalue weighted by atomic mass is 10.0. The molecule has 0 aliphatic heterocycles. The van der Waals surface area contributed by atoms with Gasteiger partial charge in [0.15, 0.2) is 32.9 Å². The van der Waals surface area contributed by atoms with Crippen LogP contribution >= 0.6 is 56.1 Å². The minimum Gasteiger partial charge on any atom is -0.330 e. The van der Waals surface area contributed by atoms with Crippen LogP contribution in [0.15, 0.2) is 243 Å². The highest BCUT2D eigenvalue weighted by atomic mass is 35.7. The van der Waals surface area contributed by atoms with E-state index in [2.05, 4.69) is 348 Å². The van der Waals surface area contributed by atoms with Gasteiger partial charge in [-0.1, -0.05) is 340 Å². The summed E-state index contributed by atoms with van der Waals surface area (Å²) in [6, 6.07) is 93.0. The molecule has 0 aliphatic rings. The van der Waals surface area contributed by atoms with Gasteiger partial charge < -0.3 is 8.46 Å². The van der Waals surface area contributed by atoms with E-state index in [-0.39, 0.29) is 30.2 Å². The Kier molecular flexibility index (Phi) is 24.7. The van der Waals surface area contributed by atoms with Crippen molar-refractivity contribution in [3.05, 3.63) is 243 Å². The molecule has 0 N–H and O–H groups in total. The molecule has 8 aromatic carbocycles. The summed E-state index contributed by atoms with van der Waals surface area (Å²) in [5, 5.41) is 10.7. The van der Waals surface area contributed by atoms with Crippen molar-refractivity contribution < 1.29 is 0 Å². The first-order chi connectivity index (χ1) is 43.1. The monoisotopic (exact) mass is 1410 g/mol. The Balaban J connectivity index is 1.11. The maximum absolute atomic E-state index is 7.47. The summed E-state index contributed by atoms with van der Waals surface area (Å²) in [5.41, 5.74) is 0. The molecule has 13 heteroatoms. The van der Waals surface area contributed by atoms with Gasteiger partial charge in [0.25, 0.3) is 0 Å². The third-order valence-corrected chi connectivity index (χ3v) is 57.2. The molecule has 0 saturated heterocycles. The average molecular weight is 1410 g/mol. The second kappa shape index (κ2) is 30.7. The minimum atomic E-state index is -2.97. The first-order valence-corrected chi connectivity index (χ1v) is 50.3. The van der Waals surface area contributed by atoms with Gasteiger partial charge in [0.2, 0.25) is 14.8 Å². The summed E-state index contributed by atoms with van der Waals surface area (Å²) >= 11 is 31.9. The fraction of sp³-hybridized carbons (Fsp3) is 0.385. The van der Waals surface area contributed by atoms with Gasteiger partial charge in [-0.2, -0.15) is 11.8 Å². The van der Waals surface area contributed by atoms with E-state index in [1.807, 2.05) is 11.8 Å². The van der Waals surface area contributed by atoms with Crippen LogP contribution in [-0.4, -0.2) is 80.8 Å². The summed E-state index contributed by atoms with van der Waals surface area (Å²) in [4.78, 5) is 0. The molecule has 0 spiro atoms. The van der Waals surface area contributed by atoms with E-state index in [1.54, 1.807) is 0 Å². The lowest BCUT2D eigenvalue weighted by molar-refractivity contribution is 0.458. The Bertz CT molecular complexity index is 2870. The molecule has 0 heterocycles.